The Morgan fingerprint density at radius 3 is 2.56 bits per heavy atom. The van der Waals surface area contributed by atoms with Gasteiger partial charge in [0.05, 0.1) is 0 Å². The number of hydrogen-bond donors (Lipinski definition) is 1. The maximum atomic E-state index is 13.2. The lowest BCUT2D eigenvalue weighted by molar-refractivity contribution is 0.0927. The number of benzene rings is 1. The van der Waals surface area contributed by atoms with Crippen LogP contribution < -0.4 is 5.32 Å². The molecule has 0 spiro atoms. The van der Waals surface area contributed by atoms with Gasteiger partial charge in [-0.3, -0.25) is 4.79 Å². The molecule has 1 fully saturated rings. The van der Waals surface area contributed by atoms with Crippen LogP contribution in [0, 0.1) is 12.7 Å². The van der Waals surface area contributed by atoms with E-state index in [0.29, 0.717) is 10.4 Å². The molecule has 1 aromatic rings. The van der Waals surface area contributed by atoms with Crippen LogP contribution >= 0.6 is 15.9 Å². The number of rotatable bonds is 2. The van der Waals surface area contributed by atoms with Crippen molar-refractivity contribution in [3.8, 4) is 0 Å². The van der Waals surface area contributed by atoms with Gasteiger partial charge in [0.2, 0.25) is 0 Å². The average molecular weight is 314 g/mol. The van der Waals surface area contributed by atoms with Gasteiger partial charge in [-0.15, -0.1) is 0 Å². The second kappa shape index (κ2) is 5.83. The third-order valence-electron chi connectivity index (χ3n) is 3.30. The van der Waals surface area contributed by atoms with E-state index in [1.807, 2.05) is 0 Å². The largest absolute Gasteiger partial charge is 0.349 e. The maximum absolute atomic E-state index is 13.2. The first-order valence-electron chi connectivity index (χ1n) is 6.27. The van der Waals surface area contributed by atoms with Crippen molar-refractivity contribution in [3.63, 3.8) is 0 Å². The van der Waals surface area contributed by atoms with Crippen molar-refractivity contribution in [1.82, 2.24) is 5.32 Å². The van der Waals surface area contributed by atoms with Crippen molar-refractivity contribution >= 4 is 21.8 Å². The molecule has 1 N–H and O–H groups in total. The molecule has 1 aromatic carbocycles. The van der Waals surface area contributed by atoms with Gasteiger partial charge >= 0.3 is 0 Å². The second-order valence-electron chi connectivity index (χ2n) is 4.94. The molecule has 0 heterocycles. The summed E-state index contributed by atoms with van der Waals surface area (Å²) in [5.41, 5.74) is 1.18. The van der Waals surface area contributed by atoms with Gasteiger partial charge in [-0.25, -0.2) is 4.39 Å². The van der Waals surface area contributed by atoms with Crippen LogP contribution in [-0.4, -0.2) is 16.8 Å². The van der Waals surface area contributed by atoms with Crippen LogP contribution in [0.2, 0.25) is 0 Å². The smallest absolute Gasteiger partial charge is 0.251 e. The van der Waals surface area contributed by atoms with Crippen molar-refractivity contribution in [2.24, 2.45) is 0 Å². The number of aryl methyl sites for hydroxylation is 1. The van der Waals surface area contributed by atoms with Gasteiger partial charge in [0.15, 0.2) is 0 Å². The van der Waals surface area contributed by atoms with E-state index in [0.717, 1.165) is 31.2 Å². The number of amides is 1. The zero-order chi connectivity index (χ0) is 13.1. The normalized spacial score (nSPS) is 23.7. The van der Waals surface area contributed by atoms with E-state index < -0.39 is 0 Å². The molecule has 0 aliphatic heterocycles. The molecule has 2 rings (SSSR count). The van der Waals surface area contributed by atoms with Crippen LogP contribution in [0.4, 0.5) is 4.39 Å². The molecule has 0 atom stereocenters. The maximum Gasteiger partial charge on any atom is 0.251 e. The van der Waals surface area contributed by atoms with Crippen LogP contribution in [0.25, 0.3) is 0 Å². The van der Waals surface area contributed by atoms with Gasteiger partial charge in [-0.1, -0.05) is 15.9 Å². The summed E-state index contributed by atoms with van der Waals surface area (Å²) in [6.45, 7) is 1.79. The third-order valence-corrected chi connectivity index (χ3v) is 4.21. The van der Waals surface area contributed by atoms with Crippen molar-refractivity contribution in [1.29, 1.82) is 0 Å². The fourth-order valence-electron chi connectivity index (χ4n) is 2.33. The minimum Gasteiger partial charge on any atom is -0.349 e. The van der Waals surface area contributed by atoms with Crippen LogP contribution in [-0.2, 0) is 0 Å². The molecule has 2 nitrogen and oxygen atoms in total. The topological polar surface area (TPSA) is 29.1 Å². The molecule has 1 amide bonds. The highest BCUT2D eigenvalue weighted by atomic mass is 79.9. The van der Waals surface area contributed by atoms with Gasteiger partial charge in [0, 0.05) is 16.4 Å². The molecular weight excluding hydrogens is 297 g/mol. The summed E-state index contributed by atoms with van der Waals surface area (Å²) >= 11 is 3.58. The summed E-state index contributed by atoms with van der Waals surface area (Å²) in [6.07, 6.45) is 4.12. The number of alkyl halides is 1. The lowest BCUT2D eigenvalue weighted by atomic mass is 9.95. The molecule has 4 heteroatoms. The van der Waals surface area contributed by atoms with E-state index >= 15 is 0 Å². The third kappa shape index (κ3) is 3.55. The predicted octanol–water partition coefficient (Wildman–Crippen LogP) is 3.57. The summed E-state index contributed by atoms with van der Waals surface area (Å²) < 4.78 is 13.2. The van der Waals surface area contributed by atoms with E-state index in [4.69, 9.17) is 0 Å². The SMILES string of the molecule is Cc1cc(F)cc(C(=O)NC2CCC(Br)CC2)c1. The van der Waals surface area contributed by atoms with Crippen molar-refractivity contribution in [3.05, 3.63) is 35.1 Å². The van der Waals surface area contributed by atoms with Gasteiger partial charge in [0.25, 0.3) is 5.91 Å². The molecule has 98 valence electrons. The molecule has 0 aromatic heterocycles. The van der Waals surface area contributed by atoms with Crippen molar-refractivity contribution in [2.75, 3.05) is 0 Å². The predicted molar refractivity (Wildman–Crippen MR) is 73.6 cm³/mol. The van der Waals surface area contributed by atoms with E-state index in [-0.39, 0.29) is 17.8 Å². The van der Waals surface area contributed by atoms with E-state index in [9.17, 15) is 9.18 Å². The Morgan fingerprint density at radius 1 is 1.28 bits per heavy atom. The van der Waals surface area contributed by atoms with Crippen LogP contribution in [0.5, 0.6) is 0 Å². The molecule has 0 bridgehead atoms. The van der Waals surface area contributed by atoms with Gasteiger partial charge in [-0.05, 0) is 56.4 Å². The Kier molecular flexibility index (Phi) is 4.38. The van der Waals surface area contributed by atoms with E-state index in [2.05, 4.69) is 21.2 Å². The minimum atomic E-state index is -0.357. The summed E-state index contributed by atoms with van der Waals surface area (Å²) in [4.78, 5) is 12.6. The first kappa shape index (κ1) is 13.5. The standard InChI is InChI=1S/C14H17BrFNO/c1-9-6-10(8-12(16)7-9)14(18)17-13-4-2-11(15)3-5-13/h6-8,11,13H,2-5H2,1H3,(H,17,18). The molecule has 0 saturated heterocycles. The highest BCUT2D eigenvalue weighted by Gasteiger charge is 2.21. The molecule has 0 unspecified atom stereocenters. The summed E-state index contributed by atoms with van der Waals surface area (Å²) in [5.74, 6) is -0.528. The summed E-state index contributed by atoms with van der Waals surface area (Å²) in [7, 11) is 0. The zero-order valence-electron chi connectivity index (χ0n) is 10.4. The molecular formula is C14H17BrFNO. The Balaban J connectivity index is 1.99. The van der Waals surface area contributed by atoms with Gasteiger partial charge < -0.3 is 5.32 Å². The summed E-state index contributed by atoms with van der Waals surface area (Å²) in [5, 5.41) is 2.98. The Morgan fingerprint density at radius 2 is 1.94 bits per heavy atom. The van der Waals surface area contributed by atoms with Crippen LogP contribution in [0.15, 0.2) is 18.2 Å². The lowest BCUT2D eigenvalue weighted by Gasteiger charge is -2.26. The fourth-order valence-corrected chi connectivity index (χ4v) is 2.86. The number of halogens is 2. The van der Waals surface area contributed by atoms with Crippen molar-refractivity contribution in [2.45, 2.75) is 43.5 Å². The first-order valence-corrected chi connectivity index (χ1v) is 7.18. The monoisotopic (exact) mass is 313 g/mol. The number of nitrogens with one attached hydrogen (secondary N) is 1. The number of carbonyl (C=O) groups is 1. The zero-order valence-corrected chi connectivity index (χ0v) is 12.0. The molecule has 1 saturated carbocycles. The first-order chi connectivity index (χ1) is 8.54. The quantitative estimate of drug-likeness (QED) is 0.831. The molecule has 1 aliphatic rings. The Labute approximate surface area is 115 Å². The average Bonchev–Trinajstić information content (AvgIpc) is 2.31. The summed E-state index contributed by atoms with van der Waals surface area (Å²) in [6, 6.07) is 4.65. The Hall–Kier alpha value is -0.900. The molecule has 0 radical (unpaired) electrons. The minimum absolute atomic E-state index is 0.171. The van der Waals surface area contributed by atoms with Gasteiger partial charge in [0.1, 0.15) is 5.82 Å². The molecule has 1 aliphatic carbocycles. The highest BCUT2D eigenvalue weighted by molar-refractivity contribution is 9.09. The highest BCUT2D eigenvalue weighted by Crippen LogP contribution is 2.24. The molecule has 18 heavy (non-hydrogen) atoms. The van der Waals surface area contributed by atoms with Crippen LogP contribution in [0.3, 0.4) is 0 Å². The number of carbonyl (C=O) groups excluding carboxylic acids is 1. The fraction of sp³-hybridized carbons (Fsp3) is 0.500. The van der Waals surface area contributed by atoms with E-state index in [1.165, 1.54) is 12.1 Å². The van der Waals surface area contributed by atoms with Crippen molar-refractivity contribution < 1.29 is 9.18 Å². The number of hydrogen-bond acceptors (Lipinski definition) is 1. The van der Waals surface area contributed by atoms with Crippen LogP contribution in [0.1, 0.15) is 41.6 Å². The second-order valence-corrected chi connectivity index (χ2v) is 6.23. The van der Waals surface area contributed by atoms with Gasteiger partial charge in [-0.2, -0.15) is 0 Å². The lowest BCUT2D eigenvalue weighted by Crippen LogP contribution is -2.37. The Bertz CT molecular complexity index is 421. The van der Waals surface area contributed by atoms with E-state index in [1.54, 1.807) is 13.0 Å².